The summed E-state index contributed by atoms with van der Waals surface area (Å²) in [5, 5.41) is 2.34. The van der Waals surface area contributed by atoms with E-state index in [-0.39, 0.29) is 18.2 Å². The molecule has 3 amide bonds. The number of aryl methyl sites for hydroxylation is 1. The first kappa shape index (κ1) is 19.7. The van der Waals surface area contributed by atoms with E-state index in [1.54, 1.807) is 11.2 Å². The van der Waals surface area contributed by atoms with Gasteiger partial charge in [-0.15, -0.1) is 0 Å². The van der Waals surface area contributed by atoms with E-state index in [0.717, 1.165) is 40.2 Å². The summed E-state index contributed by atoms with van der Waals surface area (Å²) in [6.07, 6.45) is 3.28. The van der Waals surface area contributed by atoms with Crippen molar-refractivity contribution < 1.29 is 19.1 Å². The normalized spacial score (nSPS) is 19.4. The fraction of sp³-hybridized carbons (Fsp3) is 0.280. The van der Waals surface area contributed by atoms with Gasteiger partial charge in [0.15, 0.2) is 0 Å². The summed E-state index contributed by atoms with van der Waals surface area (Å²) >= 11 is 0. The van der Waals surface area contributed by atoms with Gasteiger partial charge in [0.1, 0.15) is 11.8 Å². The van der Waals surface area contributed by atoms with Crippen molar-refractivity contribution in [2.75, 3.05) is 6.61 Å². The van der Waals surface area contributed by atoms with E-state index in [2.05, 4.69) is 16.4 Å². The van der Waals surface area contributed by atoms with E-state index in [4.69, 9.17) is 4.74 Å². The number of ether oxygens (including phenoxy) is 1. The van der Waals surface area contributed by atoms with Gasteiger partial charge in [0.25, 0.3) is 5.91 Å². The van der Waals surface area contributed by atoms with Crippen LogP contribution in [0.25, 0.3) is 22.5 Å². The molecule has 8 nitrogen and oxygen atoms in total. The molecule has 3 aliphatic rings. The highest BCUT2D eigenvalue weighted by Gasteiger charge is 2.39. The first-order valence-corrected chi connectivity index (χ1v) is 11.0. The Hall–Kier alpha value is -3.94. The average Bonchev–Trinajstić information content (AvgIpc) is 3.50. The number of piperidine rings is 1. The van der Waals surface area contributed by atoms with Crippen LogP contribution in [0.15, 0.2) is 42.7 Å². The molecular formula is C25H22N4O4. The second-order valence-electron chi connectivity index (χ2n) is 8.75. The smallest absolute Gasteiger partial charge is 0.255 e. The summed E-state index contributed by atoms with van der Waals surface area (Å²) in [6.45, 7) is 1.05. The third kappa shape index (κ3) is 3.13. The molecule has 3 aromatic rings. The van der Waals surface area contributed by atoms with Crippen molar-refractivity contribution in [1.82, 2.24) is 19.8 Å². The molecule has 166 valence electrons. The molecule has 0 spiro atoms. The molecule has 1 atom stereocenters. The highest BCUT2D eigenvalue weighted by atomic mass is 16.5. The van der Waals surface area contributed by atoms with Crippen LogP contribution in [-0.4, -0.2) is 44.8 Å². The molecule has 2 aromatic carbocycles. The van der Waals surface area contributed by atoms with Crippen LogP contribution >= 0.6 is 0 Å². The van der Waals surface area contributed by atoms with Crippen molar-refractivity contribution >= 4 is 17.7 Å². The van der Waals surface area contributed by atoms with Crippen molar-refractivity contribution in [2.24, 2.45) is 7.05 Å². The van der Waals surface area contributed by atoms with Crippen LogP contribution < -0.4 is 10.1 Å². The van der Waals surface area contributed by atoms with Crippen LogP contribution in [0.3, 0.4) is 0 Å². The molecule has 0 bridgehead atoms. The van der Waals surface area contributed by atoms with E-state index in [0.29, 0.717) is 25.1 Å². The maximum absolute atomic E-state index is 13.0. The topological polar surface area (TPSA) is 93.5 Å². The van der Waals surface area contributed by atoms with E-state index in [9.17, 15) is 14.4 Å². The zero-order chi connectivity index (χ0) is 22.7. The van der Waals surface area contributed by atoms with Gasteiger partial charge in [-0.1, -0.05) is 6.07 Å². The number of amides is 3. The molecular weight excluding hydrogens is 420 g/mol. The zero-order valence-corrected chi connectivity index (χ0v) is 18.1. The lowest BCUT2D eigenvalue weighted by Crippen LogP contribution is -2.52. The van der Waals surface area contributed by atoms with Crippen LogP contribution in [0.4, 0.5) is 0 Å². The van der Waals surface area contributed by atoms with Crippen LogP contribution in [0.2, 0.25) is 0 Å². The Morgan fingerprint density at radius 3 is 2.70 bits per heavy atom. The molecule has 1 aromatic heterocycles. The standard InChI is InChI=1S/C25H22N4O4/c1-28-13-26-22(23(28)16-3-6-20-14(10-16)8-9-33-20)15-2-4-18-17(11-15)12-29(25(18)32)19-5-7-21(30)27-24(19)31/h2-4,6,10-11,13,19H,5,7-9,12H2,1H3,(H,27,30,31). The highest BCUT2D eigenvalue weighted by molar-refractivity contribution is 6.05. The van der Waals surface area contributed by atoms with E-state index < -0.39 is 11.9 Å². The zero-order valence-electron chi connectivity index (χ0n) is 18.1. The molecule has 8 heteroatoms. The molecule has 1 unspecified atom stereocenters. The lowest BCUT2D eigenvalue weighted by Gasteiger charge is -2.29. The second-order valence-corrected chi connectivity index (χ2v) is 8.75. The molecule has 0 radical (unpaired) electrons. The SMILES string of the molecule is Cn1cnc(-c2ccc3c(c2)CN(C2CCC(=O)NC2=O)C3=O)c1-c1ccc2c(c1)CCO2. The lowest BCUT2D eigenvalue weighted by molar-refractivity contribution is -0.136. The monoisotopic (exact) mass is 442 g/mol. The molecule has 1 N–H and O–H groups in total. The molecule has 0 aliphatic carbocycles. The summed E-state index contributed by atoms with van der Waals surface area (Å²) < 4.78 is 7.64. The number of hydrogen-bond acceptors (Lipinski definition) is 5. The number of rotatable bonds is 3. The third-order valence-corrected chi connectivity index (χ3v) is 6.70. The van der Waals surface area contributed by atoms with Gasteiger partial charge < -0.3 is 14.2 Å². The molecule has 1 fully saturated rings. The average molecular weight is 442 g/mol. The number of hydrogen-bond donors (Lipinski definition) is 1. The fourth-order valence-electron chi connectivity index (χ4n) is 5.04. The van der Waals surface area contributed by atoms with E-state index in [1.165, 1.54) is 5.56 Å². The molecule has 6 rings (SSSR count). The number of imidazole rings is 1. The Bertz CT molecular complexity index is 1340. The third-order valence-electron chi connectivity index (χ3n) is 6.70. The van der Waals surface area contributed by atoms with Crippen molar-refractivity contribution in [3.05, 3.63) is 59.4 Å². The quantitative estimate of drug-likeness (QED) is 0.629. The number of nitrogens with zero attached hydrogens (tertiary/aromatic N) is 3. The minimum Gasteiger partial charge on any atom is -0.493 e. The Kier molecular flexibility index (Phi) is 4.36. The van der Waals surface area contributed by atoms with Crippen LogP contribution in [-0.2, 0) is 29.6 Å². The highest BCUT2D eigenvalue weighted by Crippen LogP contribution is 2.37. The molecule has 3 aliphatic heterocycles. The lowest BCUT2D eigenvalue weighted by atomic mass is 9.99. The predicted molar refractivity (Wildman–Crippen MR) is 119 cm³/mol. The maximum Gasteiger partial charge on any atom is 0.255 e. The Balaban J connectivity index is 1.34. The summed E-state index contributed by atoms with van der Waals surface area (Å²) in [6, 6.07) is 11.3. The number of imide groups is 1. The van der Waals surface area contributed by atoms with Crippen LogP contribution in [0.5, 0.6) is 5.75 Å². The van der Waals surface area contributed by atoms with Gasteiger partial charge in [0, 0.05) is 43.1 Å². The number of benzene rings is 2. The number of nitrogens with one attached hydrogen (secondary N) is 1. The summed E-state index contributed by atoms with van der Waals surface area (Å²) in [7, 11) is 1.97. The predicted octanol–water partition coefficient (Wildman–Crippen LogP) is 2.45. The summed E-state index contributed by atoms with van der Waals surface area (Å²) in [5.74, 6) is 0.0710. The van der Waals surface area contributed by atoms with E-state index in [1.807, 2.05) is 41.9 Å². The van der Waals surface area contributed by atoms with Gasteiger partial charge >= 0.3 is 0 Å². The molecule has 1 saturated heterocycles. The minimum absolute atomic E-state index is 0.175. The van der Waals surface area contributed by atoms with Gasteiger partial charge in [-0.05, 0) is 47.9 Å². The van der Waals surface area contributed by atoms with Crippen molar-refractivity contribution in [3.8, 4) is 28.3 Å². The van der Waals surface area contributed by atoms with Crippen LogP contribution in [0.1, 0.15) is 34.3 Å². The fourth-order valence-corrected chi connectivity index (χ4v) is 5.04. The minimum atomic E-state index is -0.620. The summed E-state index contributed by atoms with van der Waals surface area (Å²) in [4.78, 5) is 43.0. The van der Waals surface area contributed by atoms with Gasteiger partial charge in [-0.25, -0.2) is 4.98 Å². The first-order valence-electron chi connectivity index (χ1n) is 11.0. The van der Waals surface area contributed by atoms with Crippen LogP contribution in [0, 0.1) is 0 Å². The largest absolute Gasteiger partial charge is 0.493 e. The Labute approximate surface area is 190 Å². The second kappa shape index (κ2) is 7.30. The maximum atomic E-state index is 13.0. The number of fused-ring (bicyclic) bond motifs is 2. The van der Waals surface area contributed by atoms with E-state index >= 15 is 0 Å². The molecule has 4 heterocycles. The summed E-state index contributed by atoms with van der Waals surface area (Å²) in [5.41, 5.74) is 6.47. The van der Waals surface area contributed by atoms with Gasteiger partial charge in [-0.3, -0.25) is 19.7 Å². The van der Waals surface area contributed by atoms with Gasteiger partial charge in [0.05, 0.1) is 24.3 Å². The van der Waals surface area contributed by atoms with Crippen molar-refractivity contribution in [3.63, 3.8) is 0 Å². The Morgan fingerprint density at radius 1 is 1.03 bits per heavy atom. The molecule has 0 saturated carbocycles. The first-order chi connectivity index (χ1) is 16.0. The van der Waals surface area contributed by atoms with Crippen molar-refractivity contribution in [2.45, 2.75) is 31.8 Å². The van der Waals surface area contributed by atoms with Gasteiger partial charge in [0.2, 0.25) is 11.8 Å². The van der Waals surface area contributed by atoms with Crippen molar-refractivity contribution in [1.29, 1.82) is 0 Å². The number of carbonyl (C=O) groups is 3. The van der Waals surface area contributed by atoms with Gasteiger partial charge in [-0.2, -0.15) is 0 Å². The Morgan fingerprint density at radius 2 is 1.85 bits per heavy atom. The number of aromatic nitrogens is 2. The molecule has 33 heavy (non-hydrogen) atoms. The number of carbonyl (C=O) groups excluding carboxylic acids is 3.